The summed E-state index contributed by atoms with van der Waals surface area (Å²) < 4.78 is 12.7. The molecule has 4 nitrogen and oxygen atoms in total. The van der Waals surface area contributed by atoms with Crippen LogP contribution in [0, 0.1) is 5.82 Å². The Hall–Kier alpha value is -1.75. The Morgan fingerprint density at radius 3 is 2.85 bits per heavy atom. The Morgan fingerprint density at radius 2 is 2.31 bits per heavy atom. The highest BCUT2D eigenvalue weighted by atomic mass is 19.1. The number of carbonyl (C=O) groups is 1. The Balaban J connectivity index is 3.23. The topological polar surface area (TPSA) is 67.5 Å². The van der Waals surface area contributed by atoms with Crippen LogP contribution in [0.15, 0.2) is 23.2 Å². The number of carbonyl (C=O) groups excluding carboxylic acids is 1. The van der Waals surface area contributed by atoms with E-state index in [-0.39, 0.29) is 5.56 Å². The smallest absolute Gasteiger partial charge is 0.267 e. The Kier molecular flexibility index (Phi) is 2.71. The van der Waals surface area contributed by atoms with Crippen molar-refractivity contribution >= 4 is 18.3 Å². The van der Waals surface area contributed by atoms with Gasteiger partial charge in [0.1, 0.15) is 5.82 Å². The van der Waals surface area contributed by atoms with Crippen molar-refractivity contribution < 1.29 is 9.18 Å². The number of amides is 1. The molecule has 0 radical (unpaired) electrons. The summed E-state index contributed by atoms with van der Waals surface area (Å²) in [6.07, 6.45) is 0. The van der Waals surface area contributed by atoms with Crippen LogP contribution in [-0.2, 0) is 0 Å². The minimum Gasteiger partial charge on any atom is -0.290 e. The van der Waals surface area contributed by atoms with Gasteiger partial charge in [0.05, 0.1) is 11.3 Å². The molecule has 0 fully saturated rings. The number of nitrogens with one attached hydrogen (secondary N) is 1. The number of halogens is 1. The van der Waals surface area contributed by atoms with Crippen LogP contribution in [0.25, 0.3) is 0 Å². The van der Waals surface area contributed by atoms with Crippen molar-refractivity contribution in [2.75, 3.05) is 0 Å². The summed E-state index contributed by atoms with van der Waals surface area (Å²) in [7, 11) is 0. The highest BCUT2D eigenvalue weighted by Gasteiger charge is 2.09. The number of hydrogen-bond donors (Lipinski definition) is 2. The summed E-state index contributed by atoms with van der Waals surface area (Å²) in [5, 5.41) is 0. The molecular formula is C8H8FN3O. The van der Waals surface area contributed by atoms with E-state index in [9.17, 15) is 9.18 Å². The summed E-state index contributed by atoms with van der Waals surface area (Å²) >= 11 is 0. The fourth-order valence-electron chi connectivity index (χ4n) is 0.906. The van der Waals surface area contributed by atoms with Crippen LogP contribution in [-0.4, -0.2) is 12.6 Å². The molecule has 0 aromatic heterocycles. The zero-order chi connectivity index (χ0) is 9.84. The molecule has 68 valence electrons. The predicted octanol–water partition coefficient (Wildman–Crippen LogP) is 0.761. The number of rotatable bonds is 2. The normalized spacial score (nSPS) is 9.38. The third kappa shape index (κ3) is 1.88. The largest absolute Gasteiger partial charge is 0.290 e. The lowest BCUT2D eigenvalue weighted by molar-refractivity contribution is 0.0954. The van der Waals surface area contributed by atoms with E-state index >= 15 is 0 Å². The number of aliphatic imine (C=N–C) groups is 1. The molecule has 1 amide bonds. The van der Waals surface area contributed by atoms with Crippen molar-refractivity contribution in [3.63, 3.8) is 0 Å². The SMILES string of the molecule is C=Nc1ccc(F)cc1C(=O)NN. The molecular weight excluding hydrogens is 173 g/mol. The van der Waals surface area contributed by atoms with Crippen LogP contribution in [0.3, 0.4) is 0 Å². The molecule has 0 saturated carbocycles. The van der Waals surface area contributed by atoms with Crippen molar-refractivity contribution in [2.45, 2.75) is 0 Å². The van der Waals surface area contributed by atoms with Gasteiger partial charge in [0.15, 0.2) is 0 Å². The van der Waals surface area contributed by atoms with Gasteiger partial charge in [-0.15, -0.1) is 0 Å². The van der Waals surface area contributed by atoms with Gasteiger partial charge in [-0.05, 0) is 24.9 Å². The maximum Gasteiger partial charge on any atom is 0.267 e. The van der Waals surface area contributed by atoms with E-state index in [1.165, 1.54) is 12.1 Å². The number of nitrogens with two attached hydrogens (primary N) is 1. The number of hydrogen-bond acceptors (Lipinski definition) is 3. The van der Waals surface area contributed by atoms with E-state index in [1.54, 1.807) is 0 Å². The van der Waals surface area contributed by atoms with Gasteiger partial charge in [-0.25, -0.2) is 10.2 Å². The molecule has 0 unspecified atom stereocenters. The third-order valence-electron chi connectivity index (χ3n) is 1.50. The van der Waals surface area contributed by atoms with Gasteiger partial charge in [0.25, 0.3) is 5.91 Å². The van der Waals surface area contributed by atoms with Gasteiger partial charge >= 0.3 is 0 Å². The van der Waals surface area contributed by atoms with Crippen LogP contribution in [0.2, 0.25) is 0 Å². The van der Waals surface area contributed by atoms with Crippen LogP contribution in [0.5, 0.6) is 0 Å². The van der Waals surface area contributed by atoms with Crippen molar-refractivity contribution in [2.24, 2.45) is 10.8 Å². The summed E-state index contributed by atoms with van der Waals surface area (Å²) in [4.78, 5) is 14.6. The van der Waals surface area contributed by atoms with E-state index in [2.05, 4.69) is 11.7 Å². The molecule has 0 aliphatic carbocycles. The molecule has 0 atom stereocenters. The molecule has 1 rings (SSSR count). The second-order valence-electron chi connectivity index (χ2n) is 2.29. The van der Waals surface area contributed by atoms with E-state index < -0.39 is 11.7 Å². The Bertz CT molecular complexity index is 351. The highest BCUT2D eigenvalue weighted by Crippen LogP contribution is 2.19. The zero-order valence-electron chi connectivity index (χ0n) is 6.75. The lowest BCUT2D eigenvalue weighted by Crippen LogP contribution is -2.30. The fourth-order valence-corrected chi connectivity index (χ4v) is 0.906. The number of hydrazine groups is 1. The van der Waals surface area contributed by atoms with E-state index in [1.807, 2.05) is 5.43 Å². The zero-order valence-corrected chi connectivity index (χ0v) is 6.75. The second-order valence-corrected chi connectivity index (χ2v) is 2.29. The molecule has 13 heavy (non-hydrogen) atoms. The van der Waals surface area contributed by atoms with Crippen LogP contribution >= 0.6 is 0 Å². The minimum atomic E-state index is -0.595. The average molecular weight is 181 g/mol. The number of benzene rings is 1. The first-order valence-electron chi connectivity index (χ1n) is 3.46. The van der Waals surface area contributed by atoms with Crippen molar-refractivity contribution in [1.29, 1.82) is 0 Å². The summed E-state index contributed by atoms with van der Waals surface area (Å²) in [5.74, 6) is 3.78. The second kappa shape index (κ2) is 3.77. The molecule has 0 spiro atoms. The lowest BCUT2D eigenvalue weighted by Gasteiger charge is -2.02. The fraction of sp³-hybridized carbons (Fsp3) is 0. The summed E-state index contributed by atoms with van der Waals surface area (Å²) in [6.45, 7) is 3.24. The predicted molar refractivity (Wildman–Crippen MR) is 47.3 cm³/mol. The molecule has 1 aromatic rings. The van der Waals surface area contributed by atoms with Crippen LogP contribution in [0.1, 0.15) is 10.4 Å². The molecule has 0 saturated heterocycles. The highest BCUT2D eigenvalue weighted by molar-refractivity contribution is 5.98. The number of nitrogens with zero attached hydrogens (tertiary/aromatic N) is 1. The Morgan fingerprint density at radius 1 is 1.62 bits per heavy atom. The third-order valence-corrected chi connectivity index (χ3v) is 1.50. The molecule has 5 heteroatoms. The summed E-state index contributed by atoms with van der Waals surface area (Å²) in [6, 6.07) is 3.59. The lowest BCUT2D eigenvalue weighted by atomic mass is 10.1. The van der Waals surface area contributed by atoms with Gasteiger partial charge < -0.3 is 0 Å². The first-order chi connectivity index (χ1) is 6.19. The molecule has 1 aromatic carbocycles. The minimum absolute atomic E-state index is 0.0671. The van der Waals surface area contributed by atoms with E-state index in [4.69, 9.17) is 5.84 Å². The Labute approximate surface area is 74.2 Å². The van der Waals surface area contributed by atoms with Crippen molar-refractivity contribution in [3.05, 3.63) is 29.6 Å². The van der Waals surface area contributed by atoms with Gasteiger partial charge in [0.2, 0.25) is 0 Å². The quantitative estimate of drug-likeness (QED) is 0.306. The van der Waals surface area contributed by atoms with Crippen molar-refractivity contribution in [3.8, 4) is 0 Å². The van der Waals surface area contributed by atoms with Gasteiger partial charge in [-0.3, -0.25) is 15.2 Å². The monoisotopic (exact) mass is 181 g/mol. The molecule has 0 aliphatic rings. The molecule has 0 heterocycles. The van der Waals surface area contributed by atoms with Gasteiger partial charge in [-0.2, -0.15) is 0 Å². The standard InChI is InChI=1S/C8H8FN3O/c1-11-7-3-2-5(9)4-6(7)8(13)12-10/h2-4H,1,10H2,(H,12,13). The maximum absolute atomic E-state index is 12.7. The molecule has 3 N–H and O–H groups in total. The number of nitrogen functional groups attached to an aromatic ring is 1. The van der Waals surface area contributed by atoms with Gasteiger partial charge in [0, 0.05) is 0 Å². The van der Waals surface area contributed by atoms with Crippen LogP contribution in [0.4, 0.5) is 10.1 Å². The first-order valence-corrected chi connectivity index (χ1v) is 3.46. The summed E-state index contributed by atoms with van der Waals surface area (Å²) in [5.41, 5.74) is 2.25. The maximum atomic E-state index is 12.7. The molecule has 0 bridgehead atoms. The first kappa shape index (κ1) is 9.34. The van der Waals surface area contributed by atoms with E-state index in [0.29, 0.717) is 5.69 Å². The van der Waals surface area contributed by atoms with E-state index in [0.717, 1.165) is 6.07 Å². The van der Waals surface area contributed by atoms with Crippen molar-refractivity contribution in [1.82, 2.24) is 5.43 Å². The average Bonchev–Trinajstić information content (AvgIpc) is 2.16. The molecule has 0 aliphatic heterocycles. The van der Waals surface area contributed by atoms with Gasteiger partial charge in [-0.1, -0.05) is 0 Å². The van der Waals surface area contributed by atoms with Crippen LogP contribution < -0.4 is 11.3 Å².